The lowest BCUT2D eigenvalue weighted by Gasteiger charge is -2.08. The Morgan fingerprint density at radius 1 is 1.47 bits per heavy atom. The van der Waals surface area contributed by atoms with Crippen LogP contribution in [0.5, 0.6) is 0 Å². The smallest absolute Gasteiger partial charge is 0.276 e. The highest BCUT2D eigenvalue weighted by Crippen LogP contribution is 2.19. The molecule has 2 rings (SSSR count). The van der Waals surface area contributed by atoms with Crippen LogP contribution in [0.25, 0.3) is 0 Å². The Hall–Kier alpha value is -2.70. The number of hydrogen-bond donors (Lipinski definition) is 2. The second-order valence-corrected chi connectivity index (χ2v) is 4.05. The van der Waals surface area contributed by atoms with Gasteiger partial charge in [0.05, 0.1) is 17.1 Å². The molecule has 0 aliphatic carbocycles. The van der Waals surface area contributed by atoms with Crippen molar-refractivity contribution in [2.45, 2.75) is 13.5 Å². The van der Waals surface area contributed by atoms with E-state index in [-0.39, 0.29) is 11.5 Å². The molecule has 0 bridgehead atoms. The van der Waals surface area contributed by atoms with Crippen molar-refractivity contribution >= 4 is 17.3 Å². The van der Waals surface area contributed by atoms with Crippen LogP contribution >= 0.6 is 0 Å². The van der Waals surface area contributed by atoms with Gasteiger partial charge < -0.3 is 11.1 Å². The normalized spacial score (nSPS) is 10.2. The second-order valence-electron chi connectivity index (χ2n) is 4.05. The zero-order chi connectivity index (χ0) is 13.8. The number of anilines is 2. The zero-order valence-corrected chi connectivity index (χ0v) is 10.3. The summed E-state index contributed by atoms with van der Waals surface area (Å²) in [7, 11) is 0. The summed E-state index contributed by atoms with van der Waals surface area (Å²) in [6.45, 7) is 2.45. The van der Waals surface area contributed by atoms with Gasteiger partial charge in [-0.3, -0.25) is 15.1 Å². The molecule has 0 aliphatic heterocycles. The van der Waals surface area contributed by atoms with Crippen LogP contribution in [-0.4, -0.2) is 14.9 Å². The number of aromatic nitrogens is 2. The van der Waals surface area contributed by atoms with E-state index in [0.29, 0.717) is 12.4 Å². The summed E-state index contributed by atoms with van der Waals surface area (Å²) in [6.07, 6.45) is 3.45. The van der Waals surface area contributed by atoms with E-state index in [9.17, 15) is 10.1 Å². The number of hydrogen-bond acceptors (Lipinski definition) is 6. The third-order valence-corrected chi connectivity index (χ3v) is 2.65. The molecule has 2 aromatic heterocycles. The largest absolute Gasteiger partial charge is 0.383 e. The summed E-state index contributed by atoms with van der Waals surface area (Å²) < 4.78 is 0. The van der Waals surface area contributed by atoms with E-state index in [4.69, 9.17) is 5.73 Å². The number of rotatable bonds is 4. The van der Waals surface area contributed by atoms with Gasteiger partial charge in [-0.1, -0.05) is 0 Å². The van der Waals surface area contributed by atoms with Gasteiger partial charge in [-0.25, -0.2) is 4.98 Å². The van der Waals surface area contributed by atoms with Crippen molar-refractivity contribution in [3.63, 3.8) is 0 Å². The van der Waals surface area contributed by atoms with Crippen LogP contribution in [0.4, 0.5) is 17.3 Å². The van der Waals surface area contributed by atoms with E-state index >= 15 is 0 Å². The fourth-order valence-corrected chi connectivity index (χ4v) is 1.60. The van der Waals surface area contributed by atoms with Crippen molar-refractivity contribution < 1.29 is 4.92 Å². The lowest BCUT2D eigenvalue weighted by Crippen LogP contribution is -2.05. The topological polar surface area (TPSA) is 107 Å². The van der Waals surface area contributed by atoms with Gasteiger partial charge in [0.25, 0.3) is 5.69 Å². The van der Waals surface area contributed by atoms with E-state index in [1.165, 1.54) is 12.1 Å². The first-order valence-electron chi connectivity index (χ1n) is 5.61. The maximum Gasteiger partial charge on any atom is 0.276 e. The van der Waals surface area contributed by atoms with Crippen molar-refractivity contribution in [3.8, 4) is 0 Å². The molecule has 98 valence electrons. The summed E-state index contributed by atoms with van der Waals surface area (Å²) in [4.78, 5) is 18.2. The Morgan fingerprint density at radius 3 is 2.95 bits per heavy atom. The Bertz CT molecular complexity index is 615. The fraction of sp³-hybridized carbons (Fsp3) is 0.167. The maximum atomic E-state index is 10.7. The molecule has 2 aromatic rings. The lowest BCUT2D eigenvalue weighted by atomic mass is 10.1. The number of nitrogens with zero attached hydrogens (tertiary/aromatic N) is 3. The van der Waals surface area contributed by atoms with Crippen LogP contribution in [0, 0.1) is 17.0 Å². The summed E-state index contributed by atoms with van der Waals surface area (Å²) in [5.74, 6) is 0.481. The number of nitrogens with one attached hydrogen (secondary N) is 1. The van der Waals surface area contributed by atoms with Gasteiger partial charge >= 0.3 is 0 Å². The van der Waals surface area contributed by atoms with E-state index in [2.05, 4.69) is 15.3 Å². The van der Waals surface area contributed by atoms with Crippen molar-refractivity contribution in [3.05, 3.63) is 51.8 Å². The molecule has 0 saturated heterocycles. The van der Waals surface area contributed by atoms with Crippen molar-refractivity contribution in [1.29, 1.82) is 0 Å². The molecule has 2 heterocycles. The number of nitrogens with two attached hydrogens (primary N) is 1. The molecular formula is C12H13N5O2. The second kappa shape index (κ2) is 5.30. The molecule has 0 amide bonds. The Labute approximate surface area is 109 Å². The predicted octanol–water partition coefficient (Wildman–Crippen LogP) is 1.89. The third kappa shape index (κ3) is 3.15. The molecule has 3 N–H and O–H groups in total. The quantitative estimate of drug-likeness (QED) is 0.641. The third-order valence-electron chi connectivity index (χ3n) is 2.65. The summed E-state index contributed by atoms with van der Waals surface area (Å²) >= 11 is 0. The summed E-state index contributed by atoms with van der Waals surface area (Å²) in [5, 5.41) is 13.7. The van der Waals surface area contributed by atoms with E-state index in [1.54, 1.807) is 12.4 Å². The molecule has 7 nitrogen and oxygen atoms in total. The lowest BCUT2D eigenvalue weighted by molar-refractivity contribution is -0.384. The van der Waals surface area contributed by atoms with E-state index in [1.807, 2.05) is 13.0 Å². The highest BCUT2D eigenvalue weighted by atomic mass is 16.6. The molecule has 0 saturated carbocycles. The Balaban J connectivity index is 2.16. The van der Waals surface area contributed by atoms with Crippen LogP contribution in [0.2, 0.25) is 0 Å². The molecule has 0 atom stereocenters. The number of nitrogen functional groups attached to an aromatic ring is 1. The van der Waals surface area contributed by atoms with Crippen molar-refractivity contribution in [2.75, 3.05) is 11.1 Å². The van der Waals surface area contributed by atoms with Gasteiger partial charge in [-0.2, -0.15) is 0 Å². The van der Waals surface area contributed by atoms with Crippen LogP contribution in [-0.2, 0) is 6.54 Å². The Morgan fingerprint density at radius 2 is 2.26 bits per heavy atom. The first-order valence-corrected chi connectivity index (χ1v) is 5.61. The standard InChI is InChI=1S/C12H13N5O2/c1-8-2-3-14-6-9(8)7-15-12-5-10(17(18)19)4-11(13)16-12/h2-6H,7H2,1H3,(H3,13,15,16). The van der Waals surface area contributed by atoms with E-state index < -0.39 is 4.92 Å². The first kappa shape index (κ1) is 12.7. The highest BCUT2D eigenvalue weighted by Gasteiger charge is 2.09. The Kier molecular flexibility index (Phi) is 3.56. The minimum Gasteiger partial charge on any atom is -0.383 e. The van der Waals surface area contributed by atoms with Gasteiger partial charge in [0.2, 0.25) is 0 Å². The predicted molar refractivity (Wildman–Crippen MR) is 71.6 cm³/mol. The first-order chi connectivity index (χ1) is 9.06. The van der Waals surface area contributed by atoms with Gasteiger partial charge in [0.15, 0.2) is 0 Å². The summed E-state index contributed by atoms with van der Waals surface area (Å²) in [5.41, 5.74) is 7.52. The average Bonchev–Trinajstić information content (AvgIpc) is 2.37. The minimum absolute atomic E-state index is 0.0853. The molecule has 0 aromatic carbocycles. The fourth-order valence-electron chi connectivity index (χ4n) is 1.60. The van der Waals surface area contributed by atoms with E-state index in [0.717, 1.165) is 11.1 Å². The van der Waals surface area contributed by atoms with Crippen LogP contribution in [0.3, 0.4) is 0 Å². The van der Waals surface area contributed by atoms with Gasteiger partial charge in [-0.15, -0.1) is 0 Å². The molecule has 0 spiro atoms. The minimum atomic E-state index is -0.501. The average molecular weight is 259 g/mol. The van der Waals surface area contributed by atoms with Crippen LogP contribution in [0.1, 0.15) is 11.1 Å². The molecule has 19 heavy (non-hydrogen) atoms. The summed E-state index contributed by atoms with van der Waals surface area (Å²) in [6, 6.07) is 4.47. The number of nitro groups is 1. The molecule has 0 radical (unpaired) electrons. The SMILES string of the molecule is Cc1ccncc1CNc1cc([N+](=O)[O-])cc(N)n1. The zero-order valence-electron chi connectivity index (χ0n) is 10.3. The number of pyridine rings is 2. The van der Waals surface area contributed by atoms with Gasteiger partial charge in [0.1, 0.15) is 11.6 Å². The van der Waals surface area contributed by atoms with Crippen LogP contribution < -0.4 is 11.1 Å². The molecule has 0 aliphatic rings. The molecule has 0 fully saturated rings. The van der Waals surface area contributed by atoms with Gasteiger partial charge in [0, 0.05) is 18.9 Å². The van der Waals surface area contributed by atoms with Crippen molar-refractivity contribution in [2.24, 2.45) is 0 Å². The highest BCUT2D eigenvalue weighted by molar-refractivity contribution is 5.52. The van der Waals surface area contributed by atoms with Crippen LogP contribution in [0.15, 0.2) is 30.6 Å². The maximum absolute atomic E-state index is 10.7. The van der Waals surface area contributed by atoms with Gasteiger partial charge in [-0.05, 0) is 24.1 Å². The monoisotopic (exact) mass is 259 g/mol. The molecule has 0 unspecified atom stereocenters. The number of aryl methyl sites for hydroxylation is 1. The van der Waals surface area contributed by atoms with Crippen molar-refractivity contribution in [1.82, 2.24) is 9.97 Å². The molecular weight excluding hydrogens is 246 g/mol. The molecule has 7 heteroatoms.